The molecule has 1 atom stereocenters. The molecular formula is C26H16O3. The second-order valence-corrected chi connectivity index (χ2v) is 7.27. The van der Waals surface area contributed by atoms with Gasteiger partial charge in [-0.15, -0.1) is 0 Å². The fourth-order valence-corrected chi connectivity index (χ4v) is 4.39. The molecule has 0 saturated heterocycles. The van der Waals surface area contributed by atoms with E-state index in [0.717, 1.165) is 33.0 Å². The molecule has 0 spiro atoms. The van der Waals surface area contributed by atoms with Crippen molar-refractivity contribution in [3.05, 3.63) is 118 Å². The number of rotatable bonds is 1. The van der Waals surface area contributed by atoms with Crippen LogP contribution in [0.15, 0.2) is 100 Å². The quantitative estimate of drug-likeness (QED) is 0.319. The highest BCUT2D eigenvalue weighted by atomic mass is 16.5. The van der Waals surface area contributed by atoms with Crippen molar-refractivity contribution in [3.8, 4) is 11.5 Å². The Morgan fingerprint density at radius 1 is 0.655 bits per heavy atom. The van der Waals surface area contributed by atoms with Crippen LogP contribution in [0.25, 0.3) is 21.7 Å². The molecule has 0 saturated carbocycles. The lowest BCUT2D eigenvalue weighted by atomic mass is 9.80. The molecule has 5 aromatic rings. The Hall–Kier alpha value is -3.85. The molecule has 0 fully saturated rings. The lowest BCUT2D eigenvalue weighted by molar-refractivity contribution is 0.441. The molecule has 0 N–H and O–H groups in total. The summed E-state index contributed by atoms with van der Waals surface area (Å²) in [6, 6.07) is 29.9. The van der Waals surface area contributed by atoms with Crippen LogP contribution in [0.1, 0.15) is 22.6 Å². The number of fused-ring (bicyclic) bond motifs is 6. The minimum Gasteiger partial charge on any atom is -0.456 e. The molecule has 1 aliphatic heterocycles. The van der Waals surface area contributed by atoms with Gasteiger partial charge in [-0.2, -0.15) is 0 Å². The third-order valence-electron chi connectivity index (χ3n) is 5.65. The molecule has 0 aliphatic carbocycles. The second-order valence-electron chi connectivity index (χ2n) is 7.27. The zero-order valence-electron chi connectivity index (χ0n) is 15.5. The Kier molecular flexibility index (Phi) is 3.38. The molecule has 0 bridgehead atoms. The van der Waals surface area contributed by atoms with E-state index in [0.29, 0.717) is 16.9 Å². The summed E-state index contributed by atoms with van der Waals surface area (Å²) in [5, 5.41) is 3.00. The third kappa shape index (κ3) is 2.34. The van der Waals surface area contributed by atoms with Crippen molar-refractivity contribution in [1.82, 2.24) is 0 Å². The van der Waals surface area contributed by atoms with E-state index in [9.17, 15) is 4.79 Å². The first-order valence-electron chi connectivity index (χ1n) is 9.61. The van der Waals surface area contributed by atoms with E-state index < -0.39 is 0 Å². The number of hydrogen-bond donors (Lipinski definition) is 0. The van der Waals surface area contributed by atoms with Crippen LogP contribution in [-0.2, 0) is 0 Å². The molecule has 1 aromatic heterocycles. The van der Waals surface area contributed by atoms with Crippen LogP contribution in [-0.4, -0.2) is 0 Å². The van der Waals surface area contributed by atoms with Gasteiger partial charge >= 0.3 is 5.63 Å². The maximum atomic E-state index is 13.2. The smallest absolute Gasteiger partial charge is 0.344 e. The van der Waals surface area contributed by atoms with Crippen LogP contribution in [0.2, 0.25) is 0 Å². The van der Waals surface area contributed by atoms with Gasteiger partial charge in [-0.05, 0) is 34.5 Å². The molecule has 29 heavy (non-hydrogen) atoms. The molecule has 1 unspecified atom stereocenters. The molecule has 0 radical (unpaired) electrons. The summed E-state index contributed by atoms with van der Waals surface area (Å²) in [7, 11) is 0. The first-order valence-corrected chi connectivity index (χ1v) is 9.61. The molecule has 3 heteroatoms. The molecule has 0 amide bonds. The third-order valence-corrected chi connectivity index (χ3v) is 5.65. The van der Waals surface area contributed by atoms with Crippen molar-refractivity contribution in [2.75, 3.05) is 0 Å². The van der Waals surface area contributed by atoms with Crippen molar-refractivity contribution in [3.63, 3.8) is 0 Å². The van der Waals surface area contributed by atoms with Gasteiger partial charge < -0.3 is 9.15 Å². The zero-order valence-corrected chi connectivity index (χ0v) is 15.5. The summed E-state index contributed by atoms with van der Waals surface area (Å²) < 4.78 is 12.1. The number of para-hydroxylation sites is 1. The average molecular weight is 376 g/mol. The van der Waals surface area contributed by atoms with Crippen molar-refractivity contribution in [1.29, 1.82) is 0 Å². The minimum absolute atomic E-state index is 0.262. The highest BCUT2D eigenvalue weighted by Crippen LogP contribution is 2.50. The van der Waals surface area contributed by atoms with Gasteiger partial charge in [-0.25, -0.2) is 4.79 Å². The van der Waals surface area contributed by atoms with Crippen molar-refractivity contribution in [2.24, 2.45) is 0 Å². The van der Waals surface area contributed by atoms with Gasteiger partial charge in [0.15, 0.2) is 0 Å². The summed E-state index contributed by atoms with van der Waals surface area (Å²) in [5.74, 6) is 1.11. The summed E-state index contributed by atoms with van der Waals surface area (Å²) in [4.78, 5) is 13.2. The van der Waals surface area contributed by atoms with Crippen LogP contribution in [0, 0.1) is 0 Å². The van der Waals surface area contributed by atoms with Crippen LogP contribution >= 0.6 is 0 Å². The summed E-state index contributed by atoms with van der Waals surface area (Å²) in [5.41, 5.74) is 2.78. The lowest BCUT2D eigenvalue weighted by Crippen LogP contribution is -2.21. The van der Waals surface area contributed by atoms with Crippen LogP contribution < -0.4 is 10.4 Å². The standard InChI is InChI=1S/C26H16O3/c27-26-24-22(17-9-2-1-3-10-17)23-18-11-5-4-8-16(18)14-15-21(23)28-25(24)19-12-6-7-13-20(19)29-26/h1-15,22H. The van der Waals surface area contributed by atoms with Gasteiger partial charge in [0.1, 0.15) is 17.1 Å². The number of ether oxygens (including phenoxy) is 1. The van der Waals surface area contributed by atoms with Gasteiger partial charge in [0, 0.05) is 11.5 Å². The maximum Gasteiger partial charge on any atom is 0.344 e. The predicted octanol–water partition coefficient (Wildman–Crippen LogP) is 6.23. The van der Waals surface area contributed by atoms with Crippen molar-refractivity contribution < 1.29 is 9.15 Å². The Balaban J connectivity index is 1.78. The van der Waals surface area contributed by atoms with Crippen LogP contribution in [0.3, 0.4) is 0 Å². The lowest BCUT2D eigenvalue weighted by Gasteiger charge is -2.29. The average Bonchev–Trinajstić information content (AvgIpc) is 2.78. The van der Waals surface area contributed by atoms with Gasteiger partial charge in [-0.3, -0.25) is 0 Å². The predicted molar refractivity (Wildman–Crippen MR) is 114 cm³/mol. The van der Waals surface area contributed by atoms with Crippen LogP contribution in [0.5, 0.6) is 11.5 Å². The van der Waals surface area contributed by atoms with Gasteiger partial charge in [0.25, 0.3) is 0 Å². The van der Waals surface area contributed by atoms with Crippen LogP contribution in [0.4, 0.5) is 0 Å². The molecule has 1 aliphatic rings. The number of benzene rings is 4. The first-order chi connectivity index (χ1) is 14.3. The molecule has 6 rings (SSSR count). The summed E-state index contributed by atoms with van der Waals surface area (Å²) in [6.45, 7) is 0. The SMILES string of the molecule is O=c1oc2ccccc2c2c1C(c1ccccc1)c1c(ccc3ccccc13)O2. The second kappa shape index (κ2) is 6.08. The summed E-state index contributed by atoms with van der Waals surface area (Å²) in [6.07, 6.45) is 0. The minimum atomic E-state index is -0.355. The topological polar surface area (TPSA) is 39.4 Å². The fraction of sp³-hybridized carbons (Fsp3) is 0.0385. The van der Waals surface area contributed by atoms with E-state index in [1.165, 1.54) is 0 Å². The molecule has 2 heterocycles. The fourth-order valence-electron chi connectivity index (χ4n) is 4.39. The van der Waals surface area contributed by atoms with Gasteiger partial charge in [-0.1, -0.05) is 72.8 Å². The van der Waals surface area contributed by atoms with Crippen molar-refractivity contribution in [2.45, 2.75) is 5.92 Å². The van der Waals surface area contributed by atoms with E-state index in [1.54, 1.807) is 6.07 Å². The van der Waals surface area contributed by atoms with E-state index in [-0.39, 0.29) is 11.5 Å². The Morgan fingerprint density at radius 3 is 2.24 bits per heavy atom. The Bertz CT molecular complexity index is 1450. The molecule has 138 valence electrons. The Labute approximate surface area is 166 Å². The normalized spacial score (nSPS) is 15.0. The van der Waals surface area contributed by atoms with E-state index >= 15 is 0 Å². The van der Waals surface area contributed by atoms with Gasteiger partial charge in [0.2, 0.25) is 0 Å². The van der Waals surface area contributed by atoms with Gasteiger partial charge in [0.05, 0.1) is 10.9 Å². The molecular weight excluding hydrogens is 360 g/mol. The highest BCUT2D eigenvalue weighted by Gasteiger charge is 2.35. The first kappa shape index (κ1) is 16.1. The van der Waals surface area contributed by atoms with Crippen molar-refractivity contribution >= 4 is 21.7 Å². The van der Waals surface area contributed by atoms with E-state index in [2.05, 4.69) is 30.3 Å². The van der Waals surface area contributed by atoms with E-state index in [4.69, 9.17) is 9.15 Å². The largest absolute Gasteiger partial charge is 0.456 e. The molecule has 4 aromatic carbocycles. The van der Waals surface area contributed by atoms with E-state index in [1.807, 2.05) is 54.6 Å². The number of hydrogen-bond acceptors (Lipinski definition) is 3. The summed E-state index contributed by atoms with van der Waals surface area (Å²) >= 11 is 0. The zero-order chi connectivity index (χ0) is 19.4. The highest BCUT2D eigenvalue weighted by molar-refractivity contribution is 5.92. The molecule has 3 nitrogen and oxygen atoms in total. The Morgan fingerprint density at radius 2 is 1.38 bits per heavy atom. The monoisotopic (exact) mass is 376 g/mol. The maximum absolute atomic E-state index is 13.2.